The largest absolute Gasteiger partial charge is 0.329 e. The van der Waals surface area contributed by atoms with Crippen molar-refractivity contribution in [1.29, 1.82) is 0 Å². The lowest BCUT2D eigenvalue weighted by Gasteiger charge is -1.77. The van der Waals surface area contributed by atoms with Gasteiger partial charge in [-0.05, 0) is 0 Å². The van der Waals surface area contributed by atoms with Crippen LogP contribution in [0.2, 0.25) is 0 Å². The fourth-order valence-electron chi connectivity index (χ4n) is 0.770. The molecule has 6 heteroatoms. The van der Waals surface area contributed by atoms with Crippen LogP contribution in [0.25, 0.3) is 0 Å². The van der Waals surface area contributed by atoms with E-state index in [0.29, 0.717) is 0 Å². The van der Waals surface area contributed by atoms with Crippen molar-refractivity contribution in [3.05, 3.63) is 72.8 Å². The normalized spacial score (nSPS) is 9.22. The Morgan fingerprint density at radius 1 is 0.667 bits per heavy atom. The molecule has 0 spiro atoms. The molecule has 2 aromatic carbocycles. The second kappa shape index (κ2) is 11.2. The highest BCUT2D eigenvalue weighted by Gasteiger charge is 1.96. The molecule has 0 bridgehead atoms. The molecule has 98 valence electrons. The number of hydrogen-bond donors (Lipinski definition) is 2. The van der Waals surface area contributed by atoms with Crippen LogP contribution in [0.15, 0.2) is 72.8 Å². The van der Waals surface area contributed by atoms with E-state index in [2.05, 4.69) is 11.7 Å². The zero-order chi connectivity index (χ0) is 13.7. The summed E-state index contributed by atoms with van der Waals surface area (Å²) in [6.45, 7) is 0. The van der Waals surface area contributed by atoms with Crippen molar-refractivity contribution >= 4 is 30.6 Å². The molecule has 0 aliphatic heterocycles. The summed E-state index contributed by atoms with van der Waals surface area (Å²) < 4.78 is 26.6. The fourth-order valence-corrected chi connectivity index (χ4v) is 0.770. The van der Waals surface area contributed by atoms with Crippen LogP contribution >= 0.6 is 21.5 Å². The van der Waals surface area contributed by atoms with Gasteiger partial charge in [0.2, 0.25) is 0 Å². The minimum absolute atomic E-state index is 0.104. The molecular formula is C12H14O3S3. The van der Waals surface area contributed by atoms with Crippen molar-refractivity contribution in [2.75, 3.05) is 0 Å². The zero-order valence-electron chi connectivity index (χ0n) is 9.46. The summed E-state index contributed by atoms with van der Waals surface area (Å²) in [6.07, 6.45) is 0. The summed E-state index contributed by atoms with van der Waals surface area (Å²) in [7, 11) is -3.78. The van der Waals surface area contributed by atoms with Crippen LogP contribution in [0.3, 0.4) is 0 Å². The molecule has 0 heterocycles. The van der Waals surface area contributed by atoms with E-state index in [4.69, 9.17) is 4.55 Å². The molecule has 0 aliphatic rings. The van der Waals surface area contributed by atoms with E-state index in [-0.39, 0.29) is 9.83 Å². The molecule has 1 N–H and O–H groups in total. The first-order chi connectivity index (χ1) is 8.56. The van der Waals surface area contributed by atoms with Gasteiger partial charge in [0.1, 0.15) is 0 Å². The first-order valence-corrected chi connectivity index (χ1v) is 8.69. The Labute approximate surface area is 116 Å². The van der Waals surface area contributed by atoms with Gasteiger partial charge in [-0.2, -0.15) is 8.42 Å². The quantitative estimate of drug-likeness (QED) is 0.479. The Morgan fingerprint density at radius 2 is 0.778 bits per heavy atom. The number of benzene rings is 2. The third-order valence-corrected chi connectivity index (χ3v) is 3.88. The van der Waals surface area contributed by atoms with Gasteiger partial charge in [-0.25, -0.2) is 0 Å². The molecule has 0 radical (unpaired) electrons. The van der Waals surface area contributed by atoms with Crippen molar-refractivity contribution in [3.8, 4) is 0 Å². The Kier molecular flexibility index (Phi) is 10.6. The number of rotatable bonds is 1. The van der Waals surface area contributed by atoms with E-state index in [1.165, 1.54) is 0 Å². The van der Waals surface area contributed by atoms with Crippen molar-refractivity contribution < 1.29 is 13.0 Å². The molecule has 0 saturated carbocycles. The third kappa shape index (κ3) is 15.0. The lowest BCUT2D eigenvalue weighted by atomic mass is 10.4. The highest BCUT2D eigenvalue weighted by atomic mass is 33.5. The second-order valence-corrected chi connectivity index (χ2v) is 6.87. The standard InChI is InChI=1S/2C6H6.H2O3S3/c2*1-2-4-6-5-3-1;1-6(2,3)5-4/h2*1-6H;4H,(H,1,2,3). The van der Waals surface area contributed by atoms with Gasteiger partial charge in [-0.15, -0.1) is 0 Å². The molecule has 0 aromatic heterocycles. The molecule has 0 amide bonds. The van der Waals surface area contributed by atoms with Gasteiger partial charge in [0.25, 0.3) is 0 Å². The van der Waals surface area contributed by atoms with Gasteiger partial charge in [-0.3, -0.25) is 4.55 Å². The first-order valence-electron chi connectivity index (χ1n) is 4.87. The maximum atomic E-state index is 9.44. The predicted molar refractivity (Wildman–Crippen MR) is 81.0 cm³/mol. The zero-order valence-corrected chi connectivity index (χ0v) is 12.0. The summed E-state index contributed by atoms with van der Waals surface area (Å²) in [5.41, 5.74) is 0. The van der Waals surface area contributed by atoms with Gasteiger partial charge >= 0.3 is 9.15 Å². The van der Waals surface area contributed by atoms with Gasteiger partial charge in [0.15, 0.2) is 0 Å². The molecule has 2 aromatic rings. The van der Waals surface area contributed by atoms with Crippen molar-refractivity contribution in [1.82, 2.24) is 0 Å². The Bertz CT molecular complexity index is 388. The lowest BCUT2D eigenvalue weighted by Crippen LogP contribution is -1.82. The monoisotopic (exact) mass is 302 g/mol. The molecule has 0 aliphatic carbocycles. The second-order valence-electron chi connectivity index (χ2n) is 2.81. The predicted octanol–water partition coefficient (Wildman–Crippen LogP) is 3.74. The van der Waals surface area contributed by atoms with Crippen molar-refractivity contribution in [2.24, 2.45) is 0 Å². The molecule has 0 fully saturated rings. The summed E-state index contributed by atoms with van der Waals surface area (Å²) in [4.78, 5) is 0. The first kappa shape index (κ1) is 17.1. The smallest absolute Gasteiger partial charge is 0.277 e. The van der Waals surface area contributed by atoms with E-state index in [1.54, 1.807) is 0 Å². The molecular weight excluding hydrogens is 288 g/mol. The third-order valence-electron chi connectivity index (χ3n) is 1.43. The SMILES string of the molecule is O=S(=O)(O)SS.c1ccccc1.c1ccccc1. The van der Waals surface area contributed by atoms with E-state index < -0.39 is 9.15 Å². The topological polar surface area (TPSA) is 54.4 Å². The Balaban J connectivity index is 0.000000241. The minimum Gasteiger partial charge on any atom is -0.277 e. The van der Waals surface area contributed by atoms with Crippen LogP contribution in [0.5, 0.6) is 0 Å². The Morgan fingerprint density at radius 3 is 0.833 bits per heavy atom. The average Bonchev–Trinajstić information content (AvgIpc) is 2.43. The number of hydrogen-bond acceptors (Lipinski definition) is 4. The van der Waals surface area contributed by atoms with E-state index in [9.17, 15) is 8.42 Å². The van der Waals surface area contributed by atoms with Crippen LogP contribution in [0.1, 0.15) is 0 Å². The lowest BCUT2D eigenvalue weighted by molar-refractivity contribution is 0.503. The van der Waals surface area contributed by atoms with Gasteiger partial charge in [0.05, 0.1) is 9.83 Å². The summed E-state index contributed by atoms with van der Waals surface area (Å²) >= 11 is 3.18. The average molecular weight is 302 g/mol. The van der Waals surface area contributed by atoms with Crippen LogP contribution in [-0.4, -0.2) is 13.0 Å². The van der Waals surface area contributed by atoms with Gasteiger partial charge in [0, 0.05) is 0 Å². The van der Waals surface area contributed by atoms with Gasteiger partial charge in [-0.1, -0.05) is 84.5 Å². The molecule has 18 heavy (non-hydrogen) atoms. The number of thiol groups is 1. The van der Waals surface area contributed by atoms with Crippen LogP contribution in [-0.2, 0) is 9.15 Å². The molecule has 0 saturated heterocycles. The summed E-state index contributed by atoms with van der Waals surface area (Å²) in [6, 6.07) is 24.0. The summed E-state index contributed by atoms with van der Waals surface area (Å²) in [5.74, 6) is 0. The molecule has 3 nitrogen and oxygen atoms in total. The molecule has 0 atom stereocenters. The fraction of sp³-hybridized carbons (Fsp3) is 0. The van der Waals surface area contributed by atoms with E-state index in [0.717, 1.165) is 0 Å². The highest BCUT2D eigenvalue weighted by molar-refractivity contribution is 9.01. The van der Waals surface area contributed by atoms with Gasteiger partial charge < -0.3 is 0 Å². The minimum atomic E-state index is -3.88. The maximum absolute atomic E-state index is 9.44. The highest BCUT2D eigenvalue weighted by Crippen LogP contribution is 2.11. The maximum Gasteiger partial charge on any atom is 0.329 e. The van der Waals surface area contributed by atoms with Crippen molar-refractivity contribution in [2.45, 2.75) is 0 Å². The molecule has 2 rings (SSSR count). The Hall–Kier alpha value is -0.950. The van der Waals surface area contributed by atoms with Crippen molar-refractivity contribution in [3.63, 3.8) is 0 Å². The van der Waals surface area contributed by atoms with Crippen LogP contribution < -0.4 is 0 Å². The van der Waals surface area contributed by atoms with E-state index >= 15 is 0 Å². The molecule has 0 unspecified atom stereocenters. The van der Waals surface area contributed by atoms with Crippen LogP contribution in [0.4, 0.5) is 0 Å². The summed E-state index contributed by atoms with van der Waals surface area (Å²) in [5, 5.41) is 0. The van der Waals surface area contributed by atoms with E-state index in [1.807, 2.05) is 72.8 Å². The van der Waals surface area contributed by atoms with Crippen LogP contribution in [0, 0.1) is 0 Å².